The quantitative estimate of drug-likeness (QED) is 0.715. The summed E-state index contributed by atoms with van der Waals surface area (Å²) >= 11 is 0. The molecule has 1 heteroatoms. The Morgan fingerprint density at radius 1 is 1.20 bits per heavy atom. The van der Waals surface area contributed by atoms with Crippen LogP contribution in [-0.2, 0) is 5.41 Å². The number of aromatic nitrogens is 1. The molecule has 76 valence electrons. The fourth-order valence-corrected chi connectivity index (χ4v) is 2.45. The number of fused-ring (bicyclic) bond motifs is 1. The Morgan fingerprint density at radius 3 is 2.73 bits per heavy atom. The predicted molar refractivity (Wildman–Crippen MR) is 62.9 cm³/mol. The van der Waals surface area contributed by atoms with Crippen molar-refractivity contribution in [2.75, 3.05) is 0 Å². The van der Waals surface area contributed by atoms with Gasteiger partial charge >= 0.3 is 0 Å². The molecule has 1 aliphatic carbocycles. The summed E-state index contributed by atoms with van der Waals surface area (Å²) in [4.78, 5) is 4.61. The molecule has 1 aliphatic rings. The molecule has 3 rings (SSSR count). The Kier molecular flexibility index (Phi) is 1.82. The normalized spacial score (nSPS) is 17.9. The Morgan fingerprint density at radius 2 is 2.00 bits per heavy atom. The van der Waals surface area contributed by atoms with E-state index < -0.39 is 0 Å². The van der Waals surface area contributed by atoms with Gasteiger partial charge in [-0.3, -0.25) is 4.98 Å². The average Bonchev–Trinajstić information content (AvgIpc) is 3.09. The van der Waals surface area contributed by atoms with Gasteiger partial charge in [0.1, 0.15) is 0 Å². The SMILES string of the molecule is CCC1(c2nccc3ccccc23)CC1. The Labute approximate surface area is 90.2 Å². The van der Waals surface area contributed by atoms with E-state index >= 15 is 0 Å². The van der Waals surface area contributed by atoms with Gasteiger partial charge in [-0.2, -0.15) is 0 Å². The smallest absolute Gasteiger partial charge is 0.0543 e. The second-order valence-electron chi connectivity index (χ2n) is 4.51. The molecule has 0 saturated heterocycles. The van der Waals surface area contributed by atoms with Crippen LogP contribution in [0.2, 0.25) is 0 Å². The van der Waals surface area contributed by atoms with Gasteiger partial charge in [0.25, 0.3) is 0 Å². The number of benzene rings is 1. The Balaban J connectivity index is 2.27. The fraction of sp³-hybridized carbons (Fsp3) is 0.357. The van der Waals surface area contributed by atoms with Crippen LogP contribution in [0.5, 0.6) is 0 Å². The first kappa shape index (κ1) is 8.90. The zero-order chi connectivity index (χ0) is 10.3. The van der Waals surface area contributed by atoms with E-state index in [1.165, 1.54) is 35.7 Å². The second kappa shape index (κ2) is 3.06. The van der Waals surface area contributed by atoms with Crippen molar-refractivity contribution in [2.45, 2.75) is 31.6 Å². The maximum absolute atomic E-state index is 4.61. The molecule has 1 aromatic heterocycles. The Bertz CT molecular complexity index is 492. The first-order valence-corrected chi connectivity index (χ1v) is 5.70. The van der Waals surface area contributed by atoms with Crippen molar-refractivity contribution in [2.24, 2.45) is 0 Å². The minimum absolute atomic E-state index is 0.404. The summed E-state index contributed by atoms with van der Waals surface area (Å²) in [6, 6.07) is 10.7. The van der Waals surface area contributed by atoms with Crippen LogP contribution in [0.1, 0.15) is 31.9 Å². The van der Waals surface area contributed by atoms with Crippen molar-refractivity contribution in [3.63, 3.8) is 0 Å². The van der Waals surface area contributed by atoms with Crippen LogP contribution in [0.15, 0.2) is 36.5 Å². The molecule has 0 aliphatic heterocycles. The van der Waals surface area contributed by atoms with E-state index in [4.69, 9.17) is 0 Å². The van der Waals surface area contributed by atoms with E-state index in [0.717, 1.165) is 0 Å². The van der Waals surface area contributed by atoms with E-state index in [1.54, 1.807) is 0 Å². The maximum Gasteiger partial charge on any atom is 0.0543 e. The molecular weight excluding hydrogens is 182 g/mol. The first-order chi connectivity index (χ1) is 7.36. The molecule has 0 radical (unpaired) electrons. The molecule has 1 nitrogen and oxygen atoms in total. The molecule has 0 amide bonds. The minimum atomic E-state index is 0.404. The number of pyridine rings is 1. The van der Waals surface area contributed by atoms with Crippen LogP contribution in [0.4, 0.5) is 0 Å². The summed E-state index contributed by atoms with van der Waals surface area (Å²) in [5.74, 6) is 0. The van der Waals surface area contributed by atoms with Crippen LogP contribution >= 0.6 is 0 Å². The lowest BCUT2D eigenvalue weighted by Gasteiger charge is -2.14. The van der Waals surface area contributed by atoms with Gasteiger partial charge in [0, 0.05) is 17.0 Å². The van der Waals surface area contributed by atoms with E-state index in [2.05, 4.69) is 42.2 Å². The van der Waals surface area contributed by atoms with Crippen LogP contribution in [-0.4, -0.2) is 4.98 Å². The molecule has 1 aromatic carbocycles. The minimum Gasteiger partial charge on any atom is -0.260 e. The predicted octanol–water partition coefficient (Wildman–Crippen LogP) is 3.68. The summed E-state index contributed by atoms with van der Waals surface area (Å²) in [5.41, 5.74) is 1.73. The van der Waals surface area contributed by atoms with Gasteiger partial charge in [-0.15, -0.1) is 0 Å². The molecule has 0 spiro atoms. The van der Waals surface area contributed by atoms with Gasteiger partial charge in [-0.1, -0.05) is 31.2 Å². The molecule has 1 saturated carbocycles. The lowest BCUT2D eigenvalue weighted by Crippen LogP contribution is -2.07. The summed E-state index contributed by atoms with van der Waals surface area (Å²) < 4.78 is 0. The van der Waals surface area contributed by atoms with Gasteiger partial charge in [0.15, 0.2) is 0 Å². The lowest BCUT2D eigenvalue weighted by molar-refractivity contribution is 0.648. The van der Waals surface area contributed by atoms with E-state index in [1.807, 2.05) is 6.20 Å². The zero-order valence-electron chi connectivity index (χ0n) is 9.03. The van der Waals surface area contributed by atoms with E-state index in [9.17, 15) is 0 Å². The second-order valence-corrected chi connectivity index (χ2v) is 4.51. The third-order valence-corrected chi connectivity index (χ3v) is 3.71. The average molecular weight is 197 g/mol. The van der Waals surface area contributed by atoms with Crippen molar-refractivity contribution >= 4 is 10.8 Å². The summed E-state index contributed by atoms with van der Waals surface area (Å²) in [6.07, 6.45) is 5.79. The van der Waals surface area contributed by atoms with Crippen LogP contribution in [0.3, 0.4) is 0 Å². The maximum atomic E-state index is 4.61. The third kappa shape index (κ3) is 1.26. The topological polar surface area (TPSA) is 12.9 Å². The number of nitrogens with zero attached hydrogens (tertiary/aromatic N) is 1. The largest absolute Gasteiger partial charge is 0.260 e. The molecule has 1 heterocycles. The summed E-state index contributed by atoms with van der Waals surface area (Å²) in [7, 11) is 0. The van der Waals surface area contributed by atoms with Gasteiger partial charge in [0.2, 0.25) is 0 Å². The highest BCUT2D eigenvalue weighted by atomic mass is 14.7. The van der Waals surface area contributed by atoms with Crippen LogP contribution < -0.4 is 0 Å². The van der Waals surface area contributed by atoms with Gasteiger partial charge < -0.3 is 0 Å². The number of hydrogen-bond acceptors (Lipinski definition) is 1. The molecule has 15 heavy (non-hydrogen) atoms. The summed E-state index contributed by atoms with van der Waals surface area (Å²) in [6.45, 7) is 2.27. The van der Waals surface area contributed by atoms with E-state index in [-0.39, 0.29) is 0 Å². The molecule has 0 bridgehead atoms. The highest BCUT2D eigenvalue weighted by molar-refractivity contribution is 5.85. The molecule has 1 fully saturated rings. The van der Waals surface area contributed by atoms with Crippen LogP contribution in [0, 0.1) is 0 Å². The van der Waals surface area contributed by atoms with Crippen molar-refractivity contribution < 1.29 is 0 Å². The third-order valence-electron chi connectivity index (χ3n) is 3.71. The molecule has 2 aromatic rings. The monoisotopic (exact) mass is 197 g/mol. The number of hydrogen-bond donors (Lipinski definition) is 0. The van der Waals surface area contributed by atoms with Crippen molar-refractivity contribution in [1.29, 1.82) is 0 Å². The van der Waals surface area contributed by atoms with Gasteiger partial charge in [-0.05, 0) is 30.7 Å². The Hall–Kier alpha value is -1.37. The highest BCUT2D eigenvalue weighted by Gasteiger charge is 2.44. The standard InChI is InChI=1S/C14H15N/c1-2-14(8-9-14)13-12-6-4-3-5-11(12)7-10-15-13/h3-7,10H,2,8-9H2,1H3. The van der Waals surface area contributed by atoms with Crippen molar-refractivity contribution in [3.05, 3.63) is 42.2 Å². The molecule has 0 atom stereocenters. The van der Waals surface area contributed by atoms with Gasteiger partial charge in [0.05, 0.1) is 5.69 Å². The molecule has 0 N–H and O–H groups in total. The van der Waals surface area contributed by atoms with Crippen LogP contribution in [0.25, 0.3) is 10.8 Å². The zero-order valence-corrected chi connectivity index (χ0v) is 9.03. The highest BCUT2D eigenvalue weighted by Crippen LogP contribution is 2.51. The lowest BCUT2D eigenvalue weighted by atomic mass is 9.94. The van der Waals surface area contributed by atoms with Crippen molar-refractivity contribution in [1.82, 2.24) is 4.98 Å². The number of rotatable bonds is 2. The molecule has 0 unspecified atom stereocenters. The van der Waals surface area contributed by atoms with E-state index in [0.29, 0.717) is 5.41 Å². The summed E-state index contributed by atoms with van der Waals surface area (Å²) in [5, 5.41) is 2.67. The van der Waals surface area contributed by atoms with Gasteiger partial charge in [-0.25, -0.2) is 0 Å². The van der Waals surface area contributed by atoms with Crippen molar-refractivity contribution in [3.8, 4) is 0 Å². The molecular formula is C14H15N. The fourth-order valence-electron chi connectivity index (χ4n) is 2.45. The first-order valence-electron chi connectivity index (χ1n) is 5.70.